The summed E-state index contributed by atoms with van der Waals surface area (Å²) in [5.74, 6) is 0.136. The van der Waals surface area contributed by atoms with Gasteiger partial charge in [-0.2, -0.15) is 0 Å². The highest BCUT2D eigenvalue weighted by molar-refractivity contribution is 7.91. The molecule has 1 aliphatic rings. The second-order valence-corrected chi connectivity index (χ2v) is 7.94. The molecule has 1 fully saturated rings. The summed E-state index contributed by atoms with van der Waals surface area (Å²) in [5.41, 5.74) is 0. The topological polar surface area (TPSA) is 63.2 Å². The van der Waals surface area contributed by atoms with E-state index in [1.54, 1.807) is 12.1 Å². The van der Waals surface area contributed by atoms with E-state index in [0.717, 1.165) is 0 Å². The predicted molar refractivity (Wildman–Crippen MR) is 68.7 cm³/mol. The van der Waals surface area contributed by atoms with Crippen molar-refractivity contribution < 1.29 is 13.2 Å². The van der Waals surface area contributed by atoms with Gasteiger partial charge >= 0.3 is 0 Å². The first kappa shape index (κ1) is 13.0. The molecule has 1 unspecified atom stereocenters. The quantitative estimate of drug-likeness (QED) is 0.855. The first-order valence-electron chi connectivity index (χ1n) is 5.19. The number of halogens is 1. The Balaban J connectivity index is 1.99. The first-order chi connectivity index (χ1) is 7.96. The molecule has 2 heterocycles. The number of nitrogens with one attached hydrogen (secondary N) is 1. The standard InChI is InChI=1S/C10H12ClNO3S2/c11-10-2-1-9(16-10)8(13)5-7-6-17(14,15)4-3-12-7/h1-2,7,12H,3-6H2. The highest BCUT2D eigenvalue weighted by atomic mass is 35.5. The molecule has 0 bridgehead atoms. The smallest absolute Gasteiger partial charge is 0.174 e. The number of hydrogen-bond donors (Lipinski definition) is 1. The molecule has 17 heavy (non-hydrogen) atoms. The number of rotatable bonds is 3. The monoisotopic (exact) mass is 293 g/mol. The zero-order valence-corrected chi connectivity index (χ0v) is 11.4. The van der Waals surface area contributed by atoms with Gasteiger partial charge in [-0.1, -0.05) is 11.6 Å². The summed E-state index contributed by atoms with van der Waals surface area (Å²) < 4.78 is 23.4. The molecule has 1 saturated heterocycles. The normalized spacial score (nSPS) is 23.5. The van der Waals surface area contributed by atoms with Crippen molar-refractivity contribution in [2.24, 2.45) is 0 Å². The van der Waals surface area contributed by atoms with E-state index in [4.69, 9.17) is 11.6 Å². The highest BCUT2D eigenvalue weighted by Crippen LogP contribution is 2.23. The van der Waals surface area contributed by atoms with Crippen LogP contribution in [0.2, 0.25) is 4.34 Å². The lowest BCUT2D eigenvalue weighted by Gasteiger charge is -2.22. The first-order valence-corrected chi connectivity index (χ1v) is 8.20. The molecule has 0 aromatic carbocycles. The number of thiophene rings is 1. The Kier molecular flexibility index (Phi) is 3.87. The van der Waals surface area contributed by atoms with Crippen LogP contribution in [-0.2, 0) is 9.84 Å². The number of carbonyl (C=O) groups is 1. The van der Waals surface area contributed by atoms with Gasteiger partial charge in [0.1, 0.15) is 0 Å². The Hall–Kier alpha value is -0.430. The lowest BCUT2D eigenvalue weighted by atomic mass is 10.1. The number of Topliss-reactive ketones (excluding diaryl/α,β-unsaturated/α-hetero) is 1. The van der Waals surface area contributed by atoms with E-state index >= 15 is 0 Å². The van der Waals surface area contributed by atoms with Gasteiger partial charge in [0.2, 0.25) is 0 Å². The van der Waals surface area contributed by atoms with Gasteiger partial charge in [-0.3, -0.25) is 4.79 Å². The molecule has 4 nitrogen and oxygen atoms in total. The van der Waals surface area contributed by atoms with E-state index in [2.05, 4.69) is 5.32 Å². The van der Waals surface area contributed by atoms with E-state index in [-0.39, 0.29) is 29.8 Å². The van der Waals surface area contributed by atoms with Gasteiger partial charge in [0.25, 0.3) is 0 Å². The van der Waals surface area contributed by atoms with Gasteiger partial charge in [0.15, 0.2) is 15.6 Å². The molecule has 1 aromatic rings. The van der Waals surface area contributed by atoms with Crippen molar-refractivity contribution >= 4 is 38.6 Å². The van der Waals surface area contributed by atoms with Crippen LogP contribution in [0.4, 0.5) is 0 Å². The van der Waals surface area contributed by atoms with Crippen molar-refractivity contribution in [3.8, 4) is 0 Å². The van der Waals surface area contributed by atoms with Crippen molar-refractivity contribution in [2.45, 2.75) is 12.5 Å². The van der Waals surface area contributed by atoms with E-state index in [0.29, 0.717) is 15.8 Å². The number of ketones is 1. The van der Waals surface area contributed by atoms with Crippen LogP contribution in [-0.4, -0.2) is 38.3 Å². The van der Waals surface area contributed by atoms with Crippen molar-refractivity contribution in [3.05, 3.63) is 21.3 Å². The summed E-state index contributed by atoms with van der Waals surface area (Å²) in [5, 5.41) is 3.05. The van der Waals surface area contributed by atoms with Crippen molar-refractivity contribution in [1.82, 2.24) is 5.32 Å². The van der Waals surface area contributed by atoms with Crippen LogP contribution in [0, 0.1) is 0 Å². The summed E-state index contributed by atoms with van der Waals surface area (Å²) in [6.45, 7) is 0.422. The van der Waals surface area contributed by atoms with Gasteiger partial charge in [0, 0.05) is 19.0 Å². The average molecular weight is 294 g/mol. The van der Waals surface area contributed by atoms with Crippen molar-refractivity contribution in [1.29, 1.82) is 0 Å². The van der Waals surface area contributed by atoms with E-state index in [1.807, 2.05) is 0 Å². The van der Waals surface area contributed by atoms with Crippen molar-refractivity contribution in [3.63, 3.8) is 0 Å². The van der Waals surface area contributed by atoms with E-state index in [1.165, 1.54) is 11.3 Å². The molecule has 1 aromatic heterocycles. The molecule has 0 aliphatic carbocycles. The summed E-state index contributed by atoms with van der Waals surface area (Å²) in [6.07, 6.45) is 0.204. The molecule has 7 heteroatoms. The van der Waals surface area contributed by atoms with E-state index < -0.39 is 9.84 Å². The molecule has 94 valence electrons. The van der Waals surface area contributed by atoms with Crippen LogP contribution in [0.5, 0.6) is 0 Å². The zero-order chi connectivity index (χ0) is 12.5. The van der Waals surface area contributed by atoms with Crippen LogP contribution in [0.3, 0.4) is 0 Å². The SMILES string of the molecule is O=C(CC1CS(=O)(=O)CCN1)c1ccc(Cl)s1. The predicted octanol–water partition coefficient (Wildman–Crippen LogP) is 1.36. The number of hydrogen-bond acceptors (Lipinski definition) is 5. The fraction of sp³-hybridized carbons (Fsp3) is 0.500. The van der Waals surface area contributed by atoms with E-state index in [9.17, 15) is 13.2 Å². The fourth-order valence-corrected chi connectivity index (χ4v) is 4.22. The summed E-state index contributed by atoms with van der Waals surface area (Å²) in [4.78, 5) is 12.4. The maximum absolute atomic E-state index is 11.9. The fourth-order valence-electron chi connectivity index (χ4n) is 1.79. The molecule has 1 N–H and O–H groups in total. The molecular weight excluding hydrogens is 282 g/mol. The molecule has 1 aliphatic heterocycles. The lowest BCUT2D eigenvalue weighted by Crippen LogP contribution is -2.45. The summed E-state index contributed by atoms with van der Waals surface area (Å²) in [6, 6.07) is 3.07. The Bertz CT molecular complexity index is 523. The molecule has 1 atom stereocenters. The highest BCUT2D eigenvalue weighted by Gasteiger charge is 2.26. The Labute approximate surface area is 109 Å². The maximum atomic E-state index is 11.9. The summed E-state index contributed by atoms with van der Waals surface area (Å²) >= 11 is 6.97. The Morgan fingerprint density at radius 2 is 2.29 bits per heavy atom. The molecule has 0 saturated carbocycles. The van der Waals surface area contributed by atoms with Crippen LogP contribution in [0.25, 0.3) is 0 Å². The van der Waals surface area contributed by atoms with Gasteiger partial charge in [0.05, 0.1) is 20.7 Å². The van der Waals surface area contributed by atoms with Gasteiger partial charge in [-0.25, -0.2) is 8.42 Å². The number of carbonyl (C=O) groups excluding carboxylic acids is 1. The number of sulfone groups is 1. The third kappa shape index (κ3) is 3.51. The molecule has 0 radical (unpaired) electrons. The summed E-state index contributed by atoms with van der Waals surface area (Å²) in [7, 11) is -2.99. The molecule has 0 amide bonds. The third-order valence-corrected chi connectivity index (χ3v) is 5.59. The minimum atomic E-state index is -2.99. The molecule has 2 rings (SSSR count). The Morgan fingerprint density at radius 1 is 1.53 bits per heavy atom. The molecule has 0 spiro atoms. The minimum absolute atomic E-state index is 0.0395. The van der Waals surface area contributed by atoms with Crippen molar-refractivity contribution in [2.75, 3.05) is 18.1 Å². The van der Waals surface area contributed by atoms with Crippen LogP contribution in [0.15, 0.2) is 12.1 Å². The largest absolute Gasteiger partial charge is 0.312 e. The van der Waals surface area contributed by atoms with Gasteiger partial charge in [-0.15, -0.1) is 11.3 Å². The van der Waals surface area contributed by atoms with Crippen LogP contribution >= 0.6 is 22.9 Å². The Morgan fingerprint density at radius 3 is 2.88 bits per heavy atom. The van der Waals surface area contributed by atoms with Gasteiger partial charge < -0.3 is 5.32 Å². The average Bonchev–Trinajstić information content (AvgIpc) is 2.63. The lowest BCUT2D eigenvalue weighted by molar-refractivity contribution is 0.0976. The zero-order valence-electron chi connectivity index (χ0n) is 8.98. The molecular formula is C10H12ClNO3S2. The minimum Gasteiger partial charge on any atom is -0.312 e. The van der Waals surface area contributed by atoms with Crippen LogP contribution in [0.1, 0.15) is 16.1 Å². The third-order valence-electron chi connectivity index (χ3n) is 2.58. The second-order valence-electron chi connectivity index (χ2n) is 4.00. The van der Waals surface area contributed by atoms with Gasteiger partial charge in [-0.05, 0) is 12.1 Å². The van der Waals surface area contributed by atoms with Crippen LogP contribution < -0.4 is 5.32 Å². The maximum Gasteiger partial charge on any atom is 0.174 e. The second kappa shape index (κ2) is 5.06.